The summed E-state index contributed by atoms with van der Waals surface area (Å²) in [5, 5.41) is 3.05. The average Bonchev–Trinajstić information content (AvgIpc) is 2.87. The molecule has 2 heterocycles. The highest BCUT2D eigenvalue weighted by atomic mass is 32.1. The third kappa shape index (κ3) is 3.02. The highest BCUT2D eigenvalue weighted by Gasteiger charge is 2.11. The molecule has 0 bridgehead atoms. The molecule has 2 rings (SSSR count). The molecule has 0 fully saturated rings. The minimum absolute atomic E-state index is 0.0468. The standard InChI is InChI=1S/C12H16N4OS/c1-9(17-3)12-15-10(8-18-12)7-16(2)11-6-13-4-5-14-11/h4-6,8-9H,7H2,1-3H3. The second-order valence-electron chi connectivity index (χ2n) is 3.97. The second kappa shape index (κ2) is 5.88. The molecule has 0 N–H and O–H groups in total. The number of nitrogens with zero attached hydrogens (tertiary/aromatic N) is 4. The first-order chi connectivity index (χ1) is 8.70. The van der Waals surface area contributed by atoms with E-state index in [4.69, 9.17) is 4.74 Å². The summed E-state index contributed by atoms with van der Waals surface area (Å²) in [6.07, 6.45) is 5.14. The van der Waals surface area contributed by atoms with Crippen molar-refractivity contribution in [3.8, 4) is 0 Å². The first-order valence-corrected chi connectivity index (χ1v) is 6.53. The number of anilines is 1. The lowest BCUT2D eigenvalue weighted by Gasteiger charge is -2.15. The lowest BCUT2D eigenvalue weighted by Crippen LogP contribution is -2.18. The third-order valence-electron chi connectivity index (χ3n) is 2.61. The molecule has 0 aromatic carbocycles. The Kier molecular flexibility index (Phi) is 4.22. The van der Waals surface area contributed by atoms with E-state index in [0.717, 1.165) is 16.5 Å². The quantitative estimate of drug-likeness (QED) is 0.829. The van der Waals surface area contributed by atoms with Crippen LogP contribution in [0.4, 0.5) is 5.82 Å². The summed E-state index contributed by atoms with van der Waals surface area (Å²) in [7, 11) is 3.67. The van der Waals surface area contributed by atoms with Crippen molar-refractivity contribution in [2.24, 2.45) is 0 Å². The molecule has 5 nitrogen and oxygen atoms in total. The fourth-order valence-electron chi connectivity index (χ4n) is 1.50. The van der Waals surface area contributed by atoms with Gasteiger partial charge < -0.3 is 9.64 Å². The van der Waals surface area contributed by atoms with E-state index in [1.165, 1.54) is 0 Å². The van der Waals surface area contributed by atoms with Gasteiger partial charge in [-0.2, -0.15) is 0 Å². The van der Waals surface area contributed by atoms with Crippen LogP contribution in [-0.2, 0) is 11.3 Å². The van der Waals surface area contributed by atoms with Crippen molar-refractivity contribution in [3.63, 3.8) is 0 Å². The molecule has 0 aliphatic heterocycles. The maximum Gasteiger partial charge on any atom is 0.147 e. The zero-order chi connectivity index (χ0) is 13.0. The molecule has 2 aromatic rings. The second-order valence-corrected chi connectivity index (χ2v) is 4.86. The van der Waals surface area contributed by atoms with Crippen molar-refractivity contribution in [3.05, 3.63) is 34.7 Å². The Hall–Kier alpha value is -1.53. The van der Waals surface area contributed by atoms with Crippen LogP contribution < -0.4 is 4.90 Å². The summed E-state index contributed by atoms with van der Waals surface area (Å²) in [5.41, 5.74) is 1.02. The number of hydrogen-bond donors (Lipinski definition) is 0. The highest BCUT2D eigenvalue weighted by molar-refractivity contribution is 7.09. The van der Waals surface area contributed by atoms with Gasteiger partial charge >= 0.3 is 0 Å². The van der Waals surface area contributed by atoms with Crippen LogP contribution in [0.15, 0.2) is 24.0 Å². The van der Waals surface area contributed by atoms with Gasteiger partial charge in [0.1, 0.15) is 16.9 Å². The van der Waals surface area contributed by atoms with E-state index in [0.29, 0.717) is 6.54 Å². The van der Waals surface area contributed by atoms with Crippen LogP contribution in [0.5, 0.6) is 0 Å². The molecule has 0 radical (unpaired) electrons. The molecule has 18 heavy (non-hydrogen) atoms. The molecule has 2 aromatic heterocycles. The first kappa shape index (κ1) is 12.9. The van der Waals surface area contributed by atoms with Crippen LogP contribution in [-0.4, -0.2) is 29.1 Å². The van der Waals surface area contributed by atoms with Gasteiger partial charge in [-0.05, 0) is 6.92 Å². The fraction of sp³-hybridized carbons (Fsp3) is 0.417. The van der Waals surface area contributed by atoms with E-state index >= 15 is 0 Å². The summed E-state index contributed by atoms with van der Waals surface area (Å²) in [4.78, 5) is 14.9. The van der Waals surface area contributed by atoms with E-state index in [1.807, 2.05) is 18.9 Å². The Morgan fingerprint density at radius 3 is 2.94 bits per heavy atom. The summed E-state index contributed by atoms with van der Waals surface area (Å²) >= 11 is 1.62. The molecule has 1 atom stereocenters. The van der Waals surface area contributed by atoms with E-state index in [-0.39, 0.29) is 6.10 Å². The molecule has 0 saturated heterocycles. The van der Waals surface area contributed by atoms with Gasteiger partial charge in [0, 0.05) is 31.9 Å². The summed E-state index contributed by atoms with van der Waals surface area (Å²) in [6.45, 7) is 2.71. The van der Waals surface area contributed by atoms with Crippen LogP contribution in [0.2, 0.25) is 0 Å². The molecule has 0 spiro atoms. The zero-order valence-electron chi connectivity index (χ0n) is 10.7. The predicted octanol–water partition coefficient (Wildman–Crippen LogP) is 2.28. The van der Waals surface area contributed by atoms with Gasteiger partial charge in [-0.15, -0.1) is 11.3 Å². The number of methoxy groups -OCH3 is 1. The number of aromatic nitrogens is 3. The van der Waals surface area contributed by atoms with Gasteiger partial charge in [0.15, 0.2) is 0 Å². The van der Waals surface area contributed by atoms with Gasteiger partial charge in [-0.25, -0.2) is 9.97 Å². The topological polar surface area (TPSA) is 51.1 Å². The van der Waals surface area contributed by atoms with Gasteiger partial charge in [-0.3, -0.25) is 4.98 Å². The van der Waals surface area contributed by atoms with E-state index in [1.54, 1.807) is 37.0 Å². The molecular weight excluding hydrogens is 248 g/mol. The van der Waals surface area contributed by atoms with Crippen LogP contribution in [0.3, 0.4) is 0 Å². The molecule has 0 aliphatic rings. The van der Waals surface area contributed by atoms with Crippen molar-refractivity contribution >= 4 is 17.2 Å². The van der Waals surface area contributed by atoms with E-state index in [9.17, 15) is 0 Å². The van der Waals surface area contributed by atoms with Gasteiger partial charge in [0.2, 0.25) is 0 Å². The molecule has 0 aliphatic carbocycles. The Morgan fingerprint density at radius 1 is 1.44 bits per heavy atom. The van der Waals surface area contributed by atoms with Crippen molar-refractivity contribution in [2.45, 2.75) is 19.6 Å². The first-order valence-electron chi connectivity index (χ1n) is 5.65. The number of ether oxygens (including phenoxy) is 1. The molecule has 96 valence electrons. The van der Waals surface area contributed by atoms with Crippen molar-refractivity contribution in [2.75, 3.05) is 19.1 Å². The van der Waals surface area contributed by atoms with Crippen LogP contribution in [0.25, 0.3) is 0 Å². The average molecular weight is 264 g/mol. The summed E-state index contributed by atoms with van der Waals surface area (Å²) < 4.78 is 5.25. The Morgan fingerprint density at radius 2 is 2.28 bits per heavy atom. The zero-order valence-corrected chi connectivity index (χ0v) is 11.5. The monoisotopic (exact) mass is 264 g/mol. The maximum absolute atomic E-state index is 5.25. The smallest absolute Gasteiger partial charge is 0.147 e. The van der Waals surface area contributed by atoms with E-state index in [2.05, 4.69) is 20.3 Å². The third-order valence-corrected chi connectivity index (χ3v) is 3.67. The number of thiazole rings is 1. The van der Waals surface area contributed by atoms with Crippen LogP contribution in [0, 0.1) is 0 Å². The highest BCUT2D eigenvalue weighted by Crippen LogP contribution is 2.21. The maximum atomic E-state index is 5.25. The van der Waals surface area contributed by atoms with Gasteiger partial charge in [0.25, 0.3) is 0 Å². The Balaban J connectivity index is 2.03. The van der Waals surface area contributed by atoms with Gasteiger partial charge in [0.05, 0.1) is 18.4 Å². The van der Waals surface area contributed by atoms with Crippen molar-refractivity contribution < 1.29 is 4.74 Å². The van der Waals surface area contributed by atoms with Crippen LogP contribution >= 0.6 is 11.3 Å². The van der Waals surface area contributed by atoms with Crippen molar-refractivity contribution in [1.82, 2.24) is 15.0 Å². The number of rotatable bonds is 5. The Labute approximate surface area is 110 Å². The molecule has 0 amide bonds. The molecule has 6 heteroatoms. The lowest BCUT2D eigenvalue weighted by molar-refractivity contribution is 0.119. The fourth-order valence-corrected chi connectivity index (χ4v) is 2.34. The summed E-state index contributed by atoms with van der Waals surface area (Å²) in [5.74, 6) is 0.840. The minimum Gasteiger partial charge on any atom is -0.375 e. The van der Waals surface area contributed by atoms with Crippen LogP contribution in [0.1, 0.15) is 23.7 Å². The largest absolute Gasteiger partial charge is 0.375 e. The number of hydrogen-bond acceptors (Lipinski definition) is 6. The molecule has 1 unspecified atom stereocenters. The predicted molar refractivity (Wildman–Crippen MR) is 71.7 cm³/mol. The SMILES string of the molecule is COC(C)c1nc(CN(C)c2cnccn2)cs1. The summed E-state index contributed by atoms with van der Waals surface area (Å²) in [6, 6.07) is 0. The Bertz CT molecular complexity index is 488. The molecular formula is C12H16N4OS. The normalized spacial score (nSPS) is 12.4. The lowest BCUT2D eigenvalue weighted by atomic mass is 10.4. The molecule has 0 saturated carbocycles. The minimum atomic E-state index is 0.0468. The van der Waals surface area contributed by atoms with Crippen molar-refractivity contribution in [1.29, 1.82) is 0 Å². The van der Waals surface area contributed by atoms with Gasteiger partial charge in [-0.1, -0.05) is 0 Å². The van der Waals surface area contributed by atoms with E-state index < -0.39 is 0 Å².